The fourth-order valence-electron chi connectivity index (χ4n) is 3.37. The van der Waals surface area contributed by atoms with Gasteiger partial charge < -0.3 is 10.4 Å². The molecule has 0 bridgehead atoms. The summed E-state index contributed by atoms with van der Waals surface area (Å²) >= 11 is 0. The molecule has 2 N–H and O–H groups in total. The van der Waals surface area contributed by atoms with E-state index >= 15 is 0 Å². The molecule has 2 aliphatic rings. The zero-order valence-corrected chi connectivity index (χ0v) is 14.6. The molecule has 1 unspecified atom stereocenters. The molecular formula is C16H23F3N4O3. The van der Waals surface area contributed by atoms with Gasteiger partial charge in [0.2, 0.25) is 5.91 Å². The molecule has 3 heterocycles. The highest BCUT2D eigenvalue weighted by molar-refractivity contribution is 5.79. The molecule has 0 saturated carbocycles. The lowest BCUT2D eigenvalue weighted by atomic mass is 9.89. The number of hydrogen-bond acceptors (Lipinski definition) is 4. The number of carbonyl (C=O) groups excluding carboxylic acids is 1. The molecule has 1 amide bonds. The molecule has 0 aromatic carbocycles. The van der Waals surface area contributed by atoms with Crippen molar-refractivity contribution in [3.05, 3.63) is 18.0 Å². The third kappa shape index (κ3) is 5.72. The number of aromatic nitrogens is 2. The van der Waals surface area contributed by atoms with E-state index in [0.717, 1.165) is 38.9 Å². The fourth-order valence-corrected chi connectivity index (χ4v) is 3.37. The van der Waals surface area contributed by atoms with E-state index in [-0.39, 0.29) is 11.4 Å². The zero-order valence-electron chi connectivity index (χ0n) is 14.6. The van der Waals surface area contributed by atoms with Gasteiger partial charge in [0.05, 0.1) is 6.20 Å². The first-order chi connectivity index (χ1) is 12.1. The molecule has 146 valence electrons. The van der Waals surface area contributed by atoms with Crippen molar-refractivity contribution in [2.24, 2.45) is 7.05 Å². The molecule has 1 spiro atoms. The van der Waals surface area contributed by atoms with Gasteiger partial charge >= 0.3 is 12.1 Å². The van der Waals surface area contributed by atoms with Crippen molar-refractivity contribution in [3.8, 4) is 0 Å². The van der Waals surface area contributed by atoms with Crippen LogP contribution in [0, 0.1) is 0 Å². The number of halogens is 3. The maximum atomic E-state index is 11.5. The van der Waals surface area contributed by atoms with Crippen LogP contribution in [-0.2, 0) is 23.2 Å². The first kappa shape index (κ1) is 20.2. The number of nitrogens with zero attached hydrogens (tertiary/aromatic N) is 3. The minimum atomic E-state index is -5.08. The van der Waals surface area contributed by atoms with E-state index in [4.69, 9.17) is 9.90 Å². The van der Waals surface area contributed by atoms with Crippen molar-refractivity contribution >= 4 is 11.9 Å². The van der Waals surface area contributed by atoms with Gasteiger partial charge in [-0.3, -0.25) is 14.4 Å². The van der Waals surface area contributed by atoms with Crippen LogP contribution >= 0.6 is 0 Å². The molecule has 2 saturated heterocycles. The van der Waals surface area contributed by atoms with Crippen molar-refractivity contribution in [2.75, 3.05) is 13.1 Å². The number of aryl methyl sites for hydroxylation is 1. The molecule has 0 radical (unpaired) electrons. The maximum Gasteiger partial charge on any atom is 0.490 e. The van der Waals surface area contributed by atoms with E-state index in [1.807, 2.05) is 17.9 Å². The second-order valence-corrected chi connectivity index (χ2v) is 6.78. The largest absolute Gasteiger partial charge is 0.490 e. The molecule has 1 aromatic rings. The standard InChI is InChI=1S/C14H22N4O.C2HF3O2/c1-17-10-12(9-15-17)11-18-7-2-4-14(6-8-18)5-3-13(19)16-14;3-2(4,5)1(6)7/h9-10H,2-8,11H2,1H3,(H,16,19);(H,6,7). The van der Waals surface area contributed by atoms with E-state index in [0.29, 0.717) is 6.42 Å². The highest BCUT2D eigenvalue weighted by atomic mass is 19.4. The summed E-state index contributed by atoms with van der Waals surface area (Å²) in [6.45, 7) is 3.15. The lowest BCUT2D eigenvalue weighted by Crippen LogP contribution is -2.42. The van der Waals surface area contributed by atoms with Gasteiger partial charge in [-0.25, -0.2) is 4.79 Å². The summed E-state index contributed by atoms with van der Waals surface area (Å²) < 4.78 is 33.6. The van der Waals surface area contributed by atoms with Gasteiger partial charge in [0.15, 0.2) is 0 Å². The van der Waals surface area contributed by atoms with Gasteiger partial charge in [-0.2, -0.15) is 18.3 Å². The van der Waals surface area contributed by atoms with Crippen molar-refractivity contribution in [1.29, 1.82) is 0 Å². The molecule has 2 fully saturated rings. The minimum Gasteiger partial charge on any atom is -0.475 e. The first-order valence-corrected chi connectivity index (χ1v) is 8.41. The second kappa shape index (κ2) is 8.07. The van der Waals surface area contributed by atoms with Crippen molar-refractivity contribution in [3.63, 3.8) is 0 Å². The van der Waals surface area contributed by atoms with Gasteiger partial charge in [-0.1, -0.05) is 0 Å². The van der Waals surface area contributed by atoms with Gasteiger partial charge in [0.25, 0.3) is 0 Å². The van der Waals surface area contributed by atoms with E-state index in [1.54, 1.807) is 0 Å². The molecule has 3 rings (SSSR count). The summed E-state index contributed by atoms with van der Waals surface area (Å²) in [6.07, 6.45) is 4.05. The predicted molar refractivity (Wildman–Crippen MR) is 86.1 cm³/mol. The summed E-state index contributed by atoms with van der Waals surface area (Å²) in [7, 11) is 1.95. The zero-order chi connectivity index (χ0) is 19.4. The van der Waals surface area contributed by atoms with Crippen LogP contribution in [0.4, 0.5) is 13.2 Å². The van der Waals surface area contributed by atoms with Gasteiger partial charge in [0.1, 0.15) is 0 Å². The maximum absolute atomic E-state index is 11.5. The third-order valence-electron chi connectivity index (χ3n) is 4.68. The minimum absolute atomic E-state index is 0.0980. The average molecular weight is 376 g/mol. The Labute approximate surface area is 149 Å². The topological polar surface area (TPSA) is 87.5 Å². The lowest BCUT2D eigenvalue weighted by Gasteiger charge is -2.27. The molecule has 26 heavy (non-hydrogen) atoms. The van der Waals surface area contributed by atoms with E-state index < -0.39 is 12.1 Å². The number of carboxylic acids is 1. The number of carboxylic acid groups (broad SMARTS) is 1. The van der Waals surface area contributed by atoms with Crippen LogP contribution in [-0.4, -0.2) is 56.5 Å². The highest BCUT2D eigenvalue weighted by Gasteiger charge is 2.39. The molecular weight excluding hydrogens is 353 g/mol. The fraction of sp³-hybridized carbons (Fsp3) is 0.688. The summed E-state index contributed by atoms with van der Waals surface area (Å²) in [5.74, 6) is -2.52. The number of carbonyl (C=O) groups is 2. The van der Waals surface area contributed by atoms with Crippen LogP contribution in [0.25, 0.3) is 0 Å². The highest BCUT2D eigenvalue weighted by Crippen LogP contribution is 2.31. The van der Waals surface area contributed by atoms with Crippen LogP contribution in [0.3, 0.4) is 0 Å². The van der Waals surface area contributed by atoms with Crippen molar-refractivity contribution in [1.82, 2.24) is 20.0 Å². The molecule has 1 aromatic heterocycles. The summed E-state index contributed by atoms with van der Waals surface area (Å²) in [5, 5.41) is 14.6. The van der Waals surface area contributed by atoms with Gasteiger partial charge in [-0.05, 0) is 32.2 Å². The van der Waals surface area contributed by atoms with Crippen molar-refractivity contribution < 1.29 is 27.9 Å². The Morgan fingerprint density at radius 2 is 2.04 bits per heavy atom. The Kier molecular flexibility index (Phi) is 6.27. The average Bonchev–Trinajstić information content (AvgIpc) is 3.04. The lowest BCUT2D eigenvalue weighted by molar-refractivity contribution is -0.192. The predicted octanol–water partition coefficient (Wildman–Crippen LogP) is 1.69. The number of aliphatic carboxylic acids is 1. The Morgan fingerprint density at radius 3 is 2.54 bits per heavy atom. The SMILES string of the molecule is Cn1cc(CN2CCCC3(CCC(=O)N3)CC2)cn1.O=C(O)C(F)(F)F. The molecule has 10 heteroatoms. The molecule has 7 nitrogen and oxygen atoms in total. The molecule has 0 aliphatic carbocycles. The number of likely N-dealkylation sites (tertiary alicyclic amines) is 1. The third-order valence-corrected chi connectivity index (χ3v) is 4.68. The van der Waals surface area contributed by atoms with Crippen LogP contribution in [0.5, 0.6) is 0 Å². The first-order valence-electron chi connectivity index (χ1n) is 8.41. The van der Waals surface area contributed by atoms with Crippen LogP contribution < -0.4 is 5.32 Å². The number of alkyl halides is 3. The monoisotopic (exact) mass is 376 g/mol. The Hall–Kier alpha value is -2.10. The number of rotatable bonds is 2. The summed E-state index contributed by atoms with van der Waals surface area (Å²) in [4.78, 5) is 22.8. The van der Waals surface area contributed by atoms with Crippen LogP contribution in [0.2, 0.25) is 0 Å². The van der Waals surface area contributed by atoms with Gasteiger partial charge in [0, 0.05) is 43.9 Å². The van der Waals surface area contributed by atoms with E-state index in [2.05, 4.69) is 21.5 Å². The number of amides is 1. The van der Waals surface area contributed by atoms with E-state index in [1.165, 1.54) is 12.0 Å². The smallest absolute Gasteiger partial charge is 0.475 e. The Balaban J connectivity index is 0.000000298. The Bertz CT molecular complexity index is 647. The number of hydrogen-bond donors (Lipinski definition) is 2. The quantitative estimate of drug-likeness (QED) is 0.820. The Morgan fingerprint density at radius 1 is 1.35 bits per heavy atom. The van der Waals surface area contributed by atoms with Gasteiger partial charge in [-0.15, -0.1) is 0 Å². The van der Waals surface area contributed by atoms with Crippen LogP contribution in [0.1, 0.15) is 37.7 Å². The normalized spacial score (nSPS) is 23.9. The molecule has 2 aliphatic heterocycles. The second-order valence-electron chi connectivity index (χ2n) is 6.78. The summed E-state index contributed by atoms with van der Waals surface area (Å²) in [6, 6.07) is 0. The molecule has 1 atom stereocenters. The van der Waals surface area contributed by atoms with Crippen LogP contribution in [0.15, 0.2) is 12.4 Å². The number of nitrogens with one attached hydrogen (secondary N) is 1. The summed E-state index contributed by atoms with van der Waals surface area (Å²) in [5.41, 5.74) is 1.37. The van der Waals surface area contributed by atoms with E-state index in [9.17, 15) is 18.0 Å². The van der Waals surface area contributed by atoms with Crippen molar-refractivity contribution in [2.45, 2.75) is 50.4 Å².